The minimum atomic E-state index is -4.60. The monoisotopic (exact) mass is 343 g/mol. The van der Waals surface area contributed by atoms with E-state index in [9.17, 15) is 22.8 Å². The van der Waals surface area contributed by atoms with Crippen LogP contribution in [0.25, 0.3) is 0 Å². The number of nitrogens with zero attached hydrogens (tertiary/aromatic N) is 1. The summed E-state index contributed by atoms with van der Waals surface area (Å²) in [6.07, 6.45) is -3.53. The highest BCUT2D eigenvalue weighted by atomic mass is 19.4. The van der Waals surface area contributed by atoms with Gasteiger partial charge in [-0.25, -0.2) is 0 Å². The van der Waals surface area contributed by atoms with Gasteiger partial charge in [-0.2, -0.15) is 13.2 Å². The number of alkyl halides is 3. The third kappa shape index (κ3) is 3.71. The van der Waals surface area contributed by atoms with E-state index in [2.05, 4.69) is 0 Å². The second-order valence-electron chi connectivity index (χ2n) is 6.15. The first-order valence-electron chi connectivity index (χ1n) is 7.82. The minimum absolute atomic E-state index is 0.0524. The summed E-state index contributed by atoms with van der Waals surface area (Å²) >= 11 is 0. The number of ether oxygens (including phenoxy) is 1. The van der Waals surface area contributed by atoms with Crippen molar-refractivity contribution in [3.05, 3.63) is 35.4 Å². The third-order valence-corrected chi connectivity index (χ3v) is 4.21. The maximum Gasteiger partial charge on any atom is 0.417 e. The number of amides is 1. The van der Waals surface area contributed by atoms with Crippen molar-refractivity contribution < 1.29 is 27.5 Å². The maximum absolute atomic E-state index is 13.1. The van der Waals surface area contributed by atoms with Crippen molar-refractivity contribution in [3.63, 3.8) is 0 Å². The zero-order valence-corrected chi connectivity index (χ0v) is 13.7. The highest BCUT2D eigenvalue weighted by Crippen LogP contribution is 2.35. The van der Waals surface area contributed by atoms with Crippen LogP contribution in [0.3, 0.4) is 0 Å². The van der Waals surface area contributed by atoms with Crippen molar-refractivity contribution in [3.8, 4) is 0 Å². The molecular weight excluding hydrogens is 323 g/mol. The first-order chi connectivity index (χ1) is 11.2. The Balaban J connectivity index is 2.26. The average Bonchev–Trinajstić information content (AvgIpc) is 2.53. The molecule has 132 valence electrons. The Morgan fingerprint density at radius 1 is 1.29 bits per heavy atom. The van der Waals surface area contributed by atoms with E-state index >= 15 is 0 Å². The van der Waals surface area contributed by atoms with E-state index in [-0.39, 0.29) is 13.2 Å². The highest BCUT2D eigenvalue weighted by Gasteiger charge is 2.42. The molecule has 0 spiro atoms. The van der Waals surface area contributed by atoms with E-state index in [1.807, 2.05) is 0 Å². The van der Waals surface area contributed by atoms with Gasteiger partial charge in [-0.05, 0) is 38.8 Å². The summed E-state index contributed by atoms with van der Waals surface area (Å²) in [6.45, 7) is 3.96. The number of hydrogen-bond acceptors (Lipinski definition) is 3. The molecule has 1 heterocycles. The Labute approximate surface area is 138 Å². The van der Waals surface area contributed by atoms with Crippen LogP contribution in [0.15, 0.2) is 24.3 Å². The number of halogens is 3. The predicted octanol–water partition coefficient (Wildman–Crippen LogP) is 3.51. The van der Waals surface area contributed by atoms with Crippen LogP contribution in [-0.4, -0.2) is 36.5 Å². The number of carbonyl (C=O) groups excluding carboxylic acids is 2. The van der Waals surface area contributed by atoms with E-state index in [1.165, 1.54) is 23.1 Å². The smallest absolute Gasteiger partial charge is 0.417 e. The van der Waals surface area contributed by atoms with E-state index in [4.69, 9.17) is 4.74 Å². The molecule has 1 aromatic rings. The molecule has 24 heavy (non-hydrogen) atoms. The lowest BCUT2D eigenvalue weighted by atomic mass is 9.81. The third-order valence-electron chi connectivity index (χ3n) is 4.21. The molecule has 1 saturated heterocycles. The molecule has 1 unspecified atom stereocenters. The molecule has 0 N–H and O–H groups in total. The molecule has 2 rings (SSSR count). The molecule has 1 aliphatic rings. The van der Waals surface area contributed by atoms with Gasteiger partial charge in [-0.3, -0.25) is 9.59 Å². The largest absolute Gasteiger partial charge is 0.466 e. The van der Waals surface area contributed by atoms with Gasteiger partial charge in [0, 0.05) is 13.1 Å². The number of benzene rings is 1. The molecule has 0 bridgehead atoms. The molecule has 1 aliphatic heterocycles. The fraction of sp³-hybridized carbons (Fsp3) is 0.529. The van der Waals surface area contributed by atoms with Gasteiger partial charge in [0.15, 0.2) is 0 Å². The van der Waals surface area contributed by atoms with E-state index in [1.54, 1.807) is 13.8 Å². The summed E-state index contributed by atoms with van der Waals surface area (Å²) in [6, 6.07) is 4.71. The first kappa shape index (κ1) is 18.3. The molecule has 1 atom stereocenters. The lowest BCUT2D eigenvalue weighted by Gasteiger charge is -2.38. The van der Waals surface area contributed by atoms with Gasteiger partial charge >= 0.3 is 12.1 Å². The second-order valence-corrected chi connectivity index (χ2v) is 6.15. The first-order valence-corrected chi connectivity index (χ1v) is 7.82. The topological polar surface area (TPSA) is 46.6 Å². The second kappa shape index (κ2) is 6.83. The SMILES string of the molecule is CCOC(=O)C1(C)CCCN(C(=O)c2ccccc2C(F)(F)F)C1. The normalized spacial score (nSPS) is 21.5. The number of piperidine rings is 1. The van der Waals surface area contributed by atoms with Gasteiger partial charge in [0.25, 0.3) is 5.91 Å². The van der Waals surface area contributed by atoms with Crippen molar-refractivity contribution in [2.45, 2.75) is 32.9 Å². The standard InChI is InChI=1S/C17H20F3NO3/c1-3-24-15(23)16(2)9-6-10-21(11-16)14(22)12-7-4-5-8-13(12)17(18,19)20/h4-5,7-8H,3,6,9-11H2,1-2H3. The van der Waals surface area contributed by atoms with E-state index < -0.39 is 34.6 Å². The van der Waals surface area contributed by atoms with Crippen molar-refractivity contribution >= 4 is 11.9 Å². The maximum atomic E-state index is 13.1. The van der Waals surface area contributed by atoms with Gasteiger partial charge in [-0.15, -0.1) is 0 Å². The zero-order chi connectivity index (χ0) is 18.0. The Kier molecular flexibility index (Phi) is 5.20. The number of likely N-dealkylation sites (tertiary alicyclic amines) is 1. The summed E-state index contributed by atoms with van der Waals surface area (Å²) in [7, 11) is 0. The summed E-state index contributed by atoms with van der Waals surface area (Å²) in [5.74, 6) is -1.13. The van der Waals surface area contributed by atoms with Gasteiger partial charge in [0.1, 0.15) is 0 Å². The van der Waals surface area contributed by atoms with Crippen LogP contribution < -0.4 is 0 Å². The van der Waals surface area contributed by atoms with Crippen LogP contribution in [0.1, 0.15) is 42.6 Å². The minimum Gasteiger partial charge on any atom is -0.466 e. The lowest BCUT2D eigenvalue weighted by molar-refractivity contribution is -0.157. The molecule has 0 radical (unpaired) electrons. The van der Waals surface area contributed by atoms with E-state index in [0.29, 0.717) is 19.4 Å². The van der Waals surface area contributed by atoms with Crippen LogP contribution in [-0.2, 0) is 15.7 Å². The van der Waals surface area contributed by atoms with Gasteiger partial charge in [-0.1, -0.05) is 12.1 Å². The molecule has 4 nitrogen and oxygen atoms in total. The van der Waals surface area contributed by atoms with Crippen molar-refractivity contribution in [2.24, 2.45) is 5.41 Å². The molecule has 1 amide bonds. The molecule has 0 aromatic heterocycles. The Morgan fingerprint density at radius 3 is 2.58 bits per heavy atom. The zero-order valence-electron chi connectivity index (χ0n) is 13.7. The molecule has 0 aliphatic carbocycles. The van der Waals surface area contributed by atoms with Gasteiger partial charge in [0.2, 0.25) is 0 Å². The van der Waals surface area contributed by atoms with Crippen LogP contribution in [0.5, 0.6) is 0 Å². The predicted molar refractivity (Wildman–Crippen MR) is 81.3 cm³/mol. The van der Waals surface area contributed by atoms with Crippen LogP contribution >= 0.6 is 0 Å². The van der Waals surface area contributed by atoms with Crippen molar-refractivity contribution in [1.82, 2.24) is 4.90 Å². The summed E-state index contributed by atoms with van der Waals surface area (Å²) < 4.78 is 44.4. The van der Waals surface area contributed by atoms with Crippen molar-refractivity contribution in [2.75, 3.05) is 19.7 Å². The molecule has 0 saturated carbocycles. The van der Waals surface area contributed by atoms with Crippen LogP contribution in [0, 0.1) is 5.41 Å². The quantitative estimate of drug-likeness (QED) is 0.789. The number of rotatable bonds is 3. The number of carbonyl (C=O) groups is 2. The molecule has 7 heteroatoms. The summed E-state index contributed by atoms with van der Waals surface area (Å²) in [5.41, 5.74) is -2.24. The molecular formula is C17H20F3NO3. The highest BCUT2D eigenvalue weighted by molar-refractivity contribution is 5.96. The van der Waals surface area contributed by atoms with Crippen LogP contribution in [0.4, 0.5) is 13.2 Å². The molecule has 1 aromatic carbocycles. The summed E-state index contributed by atoms with van der Waals surface area (Å²) in [4.78, 5) is 26.0. The lowest BCUT2D eigenvalue weighted by Crippen LogP contribution is -2.49. The van der Waals surface area contributed by atoms with Crippen LogP contribution in [0.2, 0.25) is 0 Å². The van der Waals surface area contributed by atoms with E-state index in [0.717, 1.165) is 6.07 Å². The van der Waals surface area contributed by atoms with Gasteiger partial charge < -0.3 is 9.64 Å². The van der Waals surface area contributed by atoms with Crippen molar-refractivity contribution in [1.29, 1.82) is 0 Å². The van der Waals surface area contributed by atoms with Gasteiger partial charge in [0.05, 0.1) is 23.1 Å². The summed E-state index contributed by atoms with van der Waals surface area (Å²) in [5, 5.41) is 0. The number of esters is 1. The Bertz CT molecular complexity index is 630. The average molecular weight is 343 g/mol. The fourth-order valence-corrected chi connectivity index (χ4v) is 2.97. The number of hydrogen-bond donors (Lipinski definition) is 0. The Morgan fingerprint density at radius 2 is 1.96 bits per heavy atom. The Hall–Kier alpha value is -2.05. The fourth-order valence-electron chi connectivity index (χ4n) is 2.97. The molecule has 1 fully saturated rings.